The Balaban J connectivity index is 1.67. The Morgan fingerprint density at radius 2 is 2.00 bits per heavy atom. The molecule has 0 unspecified atom stereocenters. The van der Waals surface area contributed by atoms with E-state index in [9.17, 15) is 0 Å². The lowest BCUT2D eigenvalue weighted by atomic mass is 10.2. The minimum absolute atomic E-state index is 0.663. The minimum atomic E-state index is 0.663. The Morgan fingerprint density at radius 1 is 1.24 bits per heavy atom. The molecule has 2 heterocycles. The van der Waals surface area contributed by atoms with Gasteiger partial charge in [-0.15, -0.1) is 6.58 Å². The molecule has 0 amide bonds. The van der Waals surface area contributed by atoms with Gasteiger partial charge in [0.1, 0.15) is 0 Å². The van der Waals surface area contributed by atoms with Gasteiger partial charge in [-0.25, -0.2) is 4.68 Å². The molecule has 0 bridgehead atoms. The van der Waals surface area contributed by atoms with Crippen molar-refractivity contribution in [3.05, 3.63) is 42.0 Å². The Hall–Kier alpha value is -1.79. The molecule has 2 saturated carbocycles. The van der Waals surface area contributed by atoms with Gasteiger partial charge in [-0.05, 0) is 50.0 Å². The summed E-state index contributed by atoms with van der Waals surface area (Å²) >= 11 is 5.75. The highest BCUT2D eigenvalue weighted by Crippen LogP contribution is 2.35. The molecule has 0 aromatic carbocycles. The zero-order valence-electron chi connectivity index (χ0n) is 14.5. The van der Waals surface area contributed by atoms with Crippen LogP contribution < -0.4 is 0 Å². The summed E-state index contributed by atoms with van der Waals surface area (Å²) in [6.07, 6.45) is 13.4. The molecule has 4 rings (SSSR count). The third-order valence-corrected chi connectivity index (χ3v) is 5.69. The lowest BCUT2D eigenvalue weighted by molar-refractivity contribution is 0.134. The molecular weight excluding hydrogens is 330 g/mol. The quantitative estimate of drug-likeness (QED) is 0.555. The van der Waals surface area contributed by atoms with Gasteiger partial charge in [-0.3, -0.25) is 14.5 Å². The van der Waals surface area contributed by atoms with Gasteiger partial charge in [-0.1, -0.05) is 18.9 Å². The molecule has 2 aliphatic carbocycles. The van der Waals surface area contributed by atoms with E-state index in [1.54, 1.807) is 6.20 Å². The zero-order chi connectivity index (χ0) is 17.2. The number of aromatic nitrogens is 4. The number of hydrogen-bond donors (Lipinski definition) is 0. The molecule has 25 heavy (non-hydrogen) atoms. The number of nitrogens with zero attached hydrogens (tertiary/aromatic N) is 5. The van der Waals surface area contributed by atoms with Crippen LogP contribution in [0.4, 0.5) is 0 Å². The Bertz CT molecular complexity index is 784. The van der Waals surface area contributed by atoms with Gasteiger partial charge in [0.05, 0.1) is 6.67 Å². The molecule has 0 N–H and O–H groups in total. The lowest BCUT2D eigenvalue weighted by Crippen LogP contribution is -2.37. The fraction of sp³-hybridized carbons (Fsp3) is 0.526. The van der Waals surface area contributed by atoms with Crippen LogP contribution in [0.3, 0.4) is 0 Å². The molecule has 0 saturated heterocycles. The van der Waals surface area contributed by atoms with Crippen LogP contribution >= 0.6 is 12.2 Å². The molecule has 5 nitrogen and oxygen atoms in total. The highest BCUT2D eigenvalue weighted by Gasteiger charge is 2.35. The van der Waals surface area contributed by atoms with E-state index >= 15 is 0 Å². The first kappa shape index (κ1) is 16.7. The van der Waals surface area contributed by atoms with Crippen molar-refractivity contribution in [2.24, 2.45) is 0 Å². The lowest BCUT2D eigenvalue weighted by Gasteiger charge is -2.28. The van der Waals surface area contributed by atoms with Gasteiger partial charge in [0.2, 0.25) is 0 Å². The number of pyridine rings is 1. The first-order valence-electron chi connectivity index (χ1n) is 9.22. The van der Waals surface area contributed by atoms with E-state index in [2.05, 4.69) is 21.0 Å². The predicted octanol–water partition coefficient (Wildman–Crippen LogP) is 4.03. The molecular formula is C19H25N5S. The summed E-state index contributed by atoms with van der Waals surface area (Å²) in [4.78, 5) is 6.87. The maximum atomic E-state index is 5.75. The molecule has 0 atom stereocenters. The standard InChI is InChI=1S/C19H25N5S/c1-2-12-22-18(15-6-5-11-20-13-15)21-24(19(22)25)14-23(17-9-10-17)16-7-3-4-8-16/h2,5-6,11,13,16-17H,1,3-4,7-10,12,14H2. The van der Waals surface area contributed by atoms with Gasteiger partial charge in [-0.2, -0.15) is 5.10 Å². The van der Waals surface area contributed by atoms with Crippen molar-refractivity contribution in [2.75, 3.05) is 0 Å². The molecule has 0 spiro atoms. The summed E-state index contributed by atoms with van der Waals surface area (Å²) in [7, 11) is 0. The second-order valence-corrected chi connectivity index (χ2v) is 7.44. The summed E-state index contributed by atoms with van der Waals surface area (Å²) in [6, 6.07) is 5.38. The van der Waals surface area contributed by atoms with Crippen molar-refractivity contribution in [3.63, 3.8) is 0 Å². The van der Waals surface area contributed by atoms with E-state index in [-0.39, 0.29) is 0 Å². The third kappa shape index (κ3) is 3.46. The van der Waals surface area contributed by atoms with Crippen LogP contribution in [-0.4, -0.2) is 36.3 Å². The first-order chi connectivity index (χ1) is 12.3. The van der Waals surface area contributed by atoms with Crippen molar-refractivity contribution in [3.8, 4) is 11.4 Å². The molecule has 2 aliphatic rings. The first-order valence-corrected chi connectivity index (χ1v) is 9.63. The fourth-order valence-electron chi connectivity index (χ4n) is 3.86. The average Bonchev–Trinajstić information content (AvgIpc) is 3.24. The van der Waals surface area contributed by atoms with Gasteiger partial charge >= 0.3 is 0 Å². The number of rotatable bonds is 7. The van der Waals surface area contributed by atoms with Crippen LogP contribution in [0.25, 0.3) is 11.4 Å². The van der Waals surface area contributed by atoms with Crippen molar-refractivity contribution >= 4 is 12.2 Å². The van der Waals surface area contributed by atoms with Crippen molar-refractivity contribution in [2.45, 2.75) is 63.8 Å². The number of hydrogen-bond acceptors (Lipinski definition) is 4. The van der Waals surface area contributed by atoms with E-state index in [1.165, 1.54) is 38.5 Å². The maximum Gasteiger partial charge on any atom is 0.199 e. The van der Waals surface area contributed by atoms with Crippen LogP contribution in [0.5, 0.6) is 0 Å². The predicted molar refractivity (Wildman–Crippen MR) is 102 cm³/mol. The smallest absolute Gasteiger partial charge is 0.199 e. The summed E-state index contributed by atoms with van der Waals surface area (Å²) in [5.41, 5.74) is 0.994. The van der Waals surface area contributed by atoms with E-state index in [0.29, 0.717) is 12.6 Å². The summed E-state index contributed by atoms with van der Waals surface area (Å²) in [5, 5.41) is 4.87. The molecule has 0 radical (unpaired) electrons. The monoisotopic (exact) mass is 355 g/mol. The van der Waals surface area contributed by atoms with Crippen LogP contribution in [0.2, 0.25) is 0 Å². The van der Waals surface area contributed by atoms with Crippen molar-refractivity contribution < 1.29 is 0 Å². The Kier molecular flexibility index (Phi) is 4.81. The third-order valence-electron chi connectivity index (χ3n) is 5.26. The molecule has 132 valence electrons. The number of allylic oxidation sites excluding steroid dienone is 1. The highest BCUT2D eigenvalue weighted by atomic mass is 32.1. The van der Waals surface area contributed by atoms with Crippen LogP contribution in [0, 0.1) is 4.77 Å². The van der Waals surface area contributed by atoms with Gasteiger partial charge in [0.15, 0.2) is 10.6 Å². The highest BCUT2D eigenvalue weighted by molar-refractivity contribution is 7.71. The van der Waals surface area contributed by atoms with E-state index < -0.39 is 0 Å². The summed E-state index contributed by atoms with van der Waals surface area (Å²) < 4.78 is 4.82. The van der Waals surface area contributed by atoms with Crippen molar-refractivity contribution in [1.29, 1.82) is 0 Å². The van der Waals surface area contributed by atoms with E-state index in [0.717, 1.165) is 28.9 Å². The van der Waals surface area contributed by atoms with Crippen LogP contribution in [-0.2, 0) is 13.2 Å². The fourth-order valence-corrected chi connectivity index (χ4v) is 4.12. The van der Waals surface area contributed by atoms with Crippen LogP contribution in [0.1, 0.15) is 38.5 Å². The summed E-state index contributed by atoms with van der Waals surface area (Å²) in [5.74, 6) is 0.875. The average molecular weight is 356 g/mol. The Morgan fingerprint density at radius 3 is 2.64 bits per heavy atom. The normalized spacial score (nSPS) is 18.1. The van der Waals surface area contributed by atoms with Gasteiger partial charge in [0, 0.05) is 36.6 Å². The van der Waals surface area contributed by atoms with E-state index in [4.69, 9.17) is 17.3 Å². The van der Waals surface area contributed by atoms with Crippen molar-refractivity contribution in [1.82, 2.24) is 24.2 Å². The molecule has 0 aliphatic heterocycles. The minimum Gasteiger partial charge on any atom is -0.296 e. The van der Waals surface area contributed by atoms with Gasteiger partial charge in [0.25, 0.3) is 0 Å². The van der Waals surface area contributed by atoms with E-state index in [1.807, 2.05) is 29.1 Å². The molecule has 2 fully saturated rings. The largest absolute Gasteiger partial charge is 0.296 e. The maximum absolute atomic E-state index is 5.75. The summed E-state index contributed by atoms with van der Waals surface area (Å²) in [6.45, 7) is 5.33. The molecule has 2 aromatic rings. The van der Waals surface area contributed by atoms with Gasteiger partial charge < -0.3 is 0 Å². The SMILES string of the molecule is C=CCn1c(-c2cccnc2)nn(CN(C2CCCC2)C2CC2)c1=S. The Labute approximate surface area is 154 Å². The molecule has 2 aromatic heterocycles. The second kappa shape index (κ2) is 7.22. The topological polar surface area (TPSA) is 38.9 Å². The van der Waals surface area contributed by atoms with Crippen LogP contribution in [0.15, 0.2) is 37.2 Å². The zero-order valence-corrected chi connectivity index (χ0v) is 15.4. The second-order valence-electron chi connectivity index (χ2n) is 7.07. The molecule has 6 heteroatoms.